The molecule has 0 spiro atoms. The average molecular weight is 317 g/mol. The van der Waals surface area contributed by atoms with Crippen molar-refractivity contribution in [3.63, 3.8) is 0 Å². The number of morpholine rings is 1. The van der Waals surface area contributed by atoms with Crippen LogP contribution in [0.1, 0.15) is 32.6 Å². The Balaban J connectivity index is 1.70. The van der Waals surface area contributed by atoms with Gasteiger partial charge in [-0.3, -0.25) is 4.90 Å². The Hall–Kier alpha value is -1.39. The van der Waals surface area contributed by atoms with Gasteiger partial charge in [-0.25, -0.2) is 4.79 Å². The van der Waals surface area contributed by atoms with Gasteiger partial charge < -0.3 is 9.47 Å². The first kappa shape index (κ1) is 16.5. The summed E-state index contributed by atoms with van der Waals surface area (Å²) in [5.74, 6) is -0.0920. The number of nitrogens with zero attached hydrogens (tertiary/aromatic N) is 1. The minimum absolute atomic E-state index is 0.113. The molecule has 0 aromatic heterocycles. The minimum Gasteiger partial charge on any atom is -0.454 e. The molecular formula is C19H27NO3. The molecule has 0 amide bonds. The van der Waals surface area contributed by atoms with Gasteiger partial charge in [-0.15, -0.1) is 0 Å². The van der Waals surface area contributed by atoms with E-state index in [0.717, 1.165) is 58.5 Å². The van der Waals surface area contributed by atoms with Gasteiger partial charge in [-0.05, 0) is 38.7 Å². The summed E-state index contributed by atoms with van der Waals surface area (Å²) >= 11 is 0. The van der Waals surface area contributed by atoms with E-state index < -0.39 is 0 Å². The summed E-state index contributed by atoms with van der Waals surface area (Å²) in [5.41, 5.74) is 3.42. The van der Waals surface area contributed by atoms with Crippen LogP contribution in [0.5, 0.6) is 0 Å². The SMILES string of the molecule is C=C1C(=O)O[C@@H]2C=C(C)CCC=C(CN3CCOCC3)CC[C@@H]12. The number of allylic oxidation sites excluding steroid dienone is 2. The van der Waals surface area contributed by atoms with Crippen LogP contribution in [0.15, 0.2) is 35.5 Å². The quantitative estimate of drug-likeness (QED) is 0.446. The highest BCUT2D eigenvalue weighted by molar-refractivity contribution is 5.91. The maximum absolute atomic E-state index is 11.9. The fourth-order valence-corrected chi connectivity index (χ4v) is 3.62. The number of hydrogen-bond acceptors (Lipinski definition) is 4. The molecule has 0 aromatic rings. The second kappa shape index (κ2) is 7.45. The van der Waals surface area contributed by atoms with Crippen molar-refractivity contribution in [3.8, 4) is 0 Å². The van der Waals surface area contributed by atoms with Crippen molar-refractivity contribution in [2.75, 3.05) is 32.8 Å². The number of rotatable bonds is 2. The van der Waals surface area contributed by atoms with Crippen LogP contribution in [0.3, 0.4) is 0 Å². The molecule has 0 bridgehead atoms. The Morgan fingerprint density at radius 3 is 2.87 bits per heavy atom. The van der Waals surface area contributed by atoms with Crippen LogP contribution in [-0.2, 0) is 14.3 Å². The summed E-state index contributed by atoms with van der Waals surface area (Å²) in [6, 6.07) is 0. The number of fused-ring (bicyclic) bond motifs is 1. The Morgan fingerprint density at radius 2 is 2.09 bits per heavy atom. The second-order valence-corrected chi connectivity index (χ2v) is 6.84. The molecule has 23 heavy (non-hydrogen) atoms. The van der Waals surface area contributed by atoms with Crippen LogP contribution in [-0.4, -0.2) is 49.8 Å². The molecule has 2 atom stereocenters. The van der Waals surface area contributed by atoms with E-state index in [2.05, 4.69) is 30.6 Å². The Morgan fingerprint density at radius 1 is 1.30 bits per heavy atom. The lowest BCUT2D eigenvalue weighted by atomic mass is 9.87. The van der Waals surface area contributed by atoms with Gasteiger partial charge in [0.05, 0.1) is 13.2 Å². The summed E-state index contributed by atoms with van der Waals surface area (Å²) < 4.78 is 10.9. The lowest BCUT2D eigenvalue weighted by Crippen LogP contribution is -2.37. The van der Waals surface area contributed by atoms with Crippen LogP contribution in [0.25, 0.3) is 0 Å². The highest BCUT2D eigenvalue weighted by Crippen LogP contribution is 2.34. The van der Waals surface area contributed by atoms with E-state index in [-0.39, 0.29) is 18.0 Å². The monoisotopic (exact) mass is 317 g/mol. The van der Waals surface area contributed by atoms with Crippen LogP contribution in [0.4, 0.5) is 0 Å². The van der Waals surface area contributed by atoms with Gasteiger partial charge in [0, 0.05) is 31.1 Å². The van der Waals surface area contributed by atoms with E-state index in [1.165, 1.54) is 11.1 Å². The third-order valence-corrected chi connectivity index (χ3v) is 5.08. The van der Waals surface area contributed by atoms with Gasteiger partial charge >= 0.3 is 5.97 Å². The molecule has 2 heterocycles. The van der Waals surface area contributed by atoms with Gasteiger partial charge in [0.25, 0.3) is 0 Å². The first-order chi connectivity index (χ1) is 11.1. The van der Waals surface area contributed by atoms with Crippen LogP contribution >= 0.6 is 0 Å². The van der Waals surface area contributed by atoms with Crippen LogP contribution in [0.2, 0.25) is 0 Å². The normalized spacial score (nSPS) is 30.3. The van der Waals surface area contributed by atoms with Crippen molar-refractivity contribution in [1.29, 1.82) is 0 Å². The summed E-state index contributed by atoms with van der Waals surface area (Å²) in [7, 11) is 0. The number of carbonyl (C=O) groups is 1. The number of esters is 1. The summed E-state index contributed by atoms with van der Waals surface area (Å²) in [6.45, 7) is 10.8. The maximum Gasteiger partial charge on any atom is 0.334 e. The molecule has 4 heteroatoms. The Bertz CT molecular complexity index is 529. The molecule has 4 nitrogen and oxygen atoms in total. The first-order valence-corrected chi connectivity index (χ1v) is 8.68. The Kier molecular flexibility index (Phi) is 5.34. The number of hydrogen-bond donors (Lipinski definition) is 0. The highest BCUT2D eigenvalue weighted by Gasteiger charge is 2.37. The third-order valence-electron chi connectivity index (χ3n) is 5.08. The van der Waals surface area contributed by atoms with E-state index in [1.54, 1.807) is 0 Å². The predicted octanol–water partition coefficient (Wildman–Crippen LogP) is 2.86. The largest absolute Gasteiger partial charge is 0.454 e. The molecule has 2 fully saturated rings. The molecule has 0 saturated carbocycles. The molecule has 0 aromatic carbocycles. The minimum atomic E-state index is -0.220. The second-order valence-electron chi connectivity index (χ2n) is 6.84. The van der Waals surface area contributed by atoms with E-state index in [4.69, 9.17) is 9.47 Å². The van der Waals surface area contributed by atoms with Gasteiger partial charge in [-0.1, -0.05) is 23.8 Å². The smallest absolute Gasteiger partial charge is 0.334 e. The lowest BCUT2D eigenvalue weighted by molar-refractivity contribution is -0.137. The molecule has 2 saturated heterocycles. The standard InChI is InChI=1S/C19H27NO3/c1-14-4-3-5-16(13-20-8-10-22-11-9-20)6-7-17-15(2)19(21)23-18(17)12-14/h5,12,17-18H,2-4,6-11,13H2,1H3/t17-,18+/m0/s1. The Labute approximate surface area is 138 Å². The van der Waals surface area contributed by atoms with E-state index in [1.807, 2.05) is 0 Å². The van der Waals surface area contributed by atoms with Gasteiger partial charge in [0.15, 0.2) is 0 Å². The molecule has 3 aliphatic rings. The first-order valence-electron chi connectivity index (χ1n) is 8.68. The maximum atomic E-state index is 11.9. The topological polar surface area (TPSA) is 38.8 Å². The van der Waals surface area contributed by atoms with E-state index >= 15 is 0 Å². The average Bonchev–Trinajstić information content (AvgIpc) is 2.80. The summed E-state index contributed by atoms with van der Waals surface area (Å²) in [6.07, 6.45) is 8.46. The van der Waals surface area contributed by atoms with Crippen molar-refractivity contribution in [2.45, 2.75) is 38.7 Å². The van der Waals surface area contributed by atoms with Crippen LogP contribution in [0, 0.1) is 5.92 Å². The molecule has 0 radical (unpaired) electrons. The van der Waals surface area contributed by atoms with Gasteiger partial charge in [0.2, 0.25) is 0 Å². The van der Waals surface area contributed by atoms with E-state index in [9.17, 15) is 4.79 Å². The van der Waals surface area contributed by atoms with Crippen molar-refractivity contribution < 1.29 is 14.3 Å². The molecule has 0 unspecified atom stereocenters. The zero-order chi connectivity index (χ0) is 16.2. The molecule has 0 N–H and O–H groups in total. The van der Waals surface area contributed by atoms with Crippen molar-refractivity contribution >= 4 is 5.97 Å². The fourth-order valence-electron chi connectivity index (χ4n) is 3.62. The van der Waals surface area contributed by atoms with Crippen LogP contribution < -0.4 is 0 Å². The molecule has 126 valence electrons. The number of ether oxygens (including phenoxy) is 2. The highest BCUT2D eigenvalue weighted by atomic mass is 16.5. The summed E-state index contributed by atoms with van der Waals surface area (Å²) in [5, 5.41) is 0. The van der Waals surface area contributed by atoms with Gasteiger partial charge in [-0.2, -0.15) is 0 Å². The molecule has 1 aliphatic carbocycles. The number of carbonyl (C=O) groups excluding carboxylic acids is 1. The molecule has 2 aliphatic heterocycles. The van der Waals surface area contributed by atoms with Crippen molar-refractivity contribution in [1.82, 2.24) is 4.90 Å². The third kappa shape index (κ3) is 4.12. The summed E-state index contributed by atoms with van der Waals surface area (Å²) in [4.78, 5) is 14.3. The van der Waals surface area contributed by atoms with Crippen molar-refractivity contribution in [2.24, 2.45) is 5.92 Å². The lowest BCUT2D eigenvalue weighted by Gasteiger charge is -2.28. The van der Waals surface area contributed by atoms with E-state index in [0.29, 0.717) is 5.57 Å². The molecule has 3 rings (SSSR count). The molecular weight excluding hydrogens is 290 g/mol. The fraction of sp³-hybridized carbons (Fsp3) is 0.632. The predicted molar refractivity (Wildman–Crippen MR) is 90.1 cm³/mol. The zero-order valence-electron chi connectivity index (χ0n) is 14.1. The van der Waals surface area contributed by atoms with Crippen molar-refractivity contribution in [3.05, 3.63) is 35.5 Å². The van der Waals surface area contributed by atoms with Gasteiger partial charge in [0.1, 0.15) is 6.10 Å². The zero-order valence-corrected chi connectivity index (χ0v) is 14.1.